The number of hydrogen-bond acceptors (Lipinski definition) is 3. The van der Waals surface area contributed by atoms with Crippen LogP contribution in [0.5, 0.6) is 0 Å². The Kier molecular flexibility index (Phi) is 7.36. The average Bonchev–Trinajstić information content (AvgIpc) is 3.09. The van der Waals surface area contributed by atoms with Crippen molar-refractivity contribution in [3.63, 3.8) is 0 Å². The molecule has 0 bridgehead atoms. The Labute approximate surface area is 154 Å². The number of quaternary nitrogens is 1. The highest BCUT2D eigenvalue weighted by Gasteiger charge is 2.17. The van der Waals surface area contributed by atoms with Gasteiger partial charge in [-0.1, -0.05) is 17.7 Å². The van der Waals surface area contributed by atoms with E-state index in [2.05, 4.69) is 10.6 Å². The minimum atomic E-state index is -0.551. The molecule has 8 heteroatoms. The van der Waals surface area contributed by atoms with Crippen LogP contribution in [0.2, 0.25) is 5.02 Å². The first-order chi connectivity index (χ1) is 12.0. The summed E-state index contributed by atoms with van der Waals surface area (Å²) >= 11 is 7.38. The molecule has 0 aliphatic heterocycles. The van der Waals surface area contributed by atoms with Gasteiger partial charge in [0.25, 0.3) is 11.8 Å². The maximum atomic E-state index is 13.7. The normalized spacial score (nSPS) is 11.8. The maximum Gasteiger partial charge on any atom is 0.279 e. The zero-order chi connectivity index (χ0) is 18.2. The van der Waals surface area contributed by atoms with E-state index in [4.69, 9.17) is 11.6 Å². The average molecular weight is 385 g/mol. The number of halogens is 2. The lowest BCUT2D eigenvalue weighted by molar-refractivity contribution is -0.881. The van der Waals surface area contributed by atoms with E-state index in [0.717, 1.165) is 9.78 Å². The lowest BCUT2D eigenvalue weighted by Crippen LogP contribution is -3.14. The summed E-state index contributed by atoms with van der Waals surface area (Å²) in [5.41, 5.74) is 0.0371. The van der Waals surface area contributed by atoms with Gasteiger partial charge in [0.1, 0.15) is 5.82 Å². The first-order valence-electron chi connectivity index (χ1n) is 7.85. The van der Waals surface area contributed by atoms with Crippen LogP contribution in [-0.4, -0.2) is 31.4 Å². The van der Waals surface area contributed by atoms with E-state index in [1.54, 1.807) is 11.3 Å². The number of carbonyl (C=O) groups excluding carboxylic acids is 2. The molecule has 3 N–H and O–H groups in total. The number of rotatable bonds is 8. The molecule has 0 fully saturated rings. The molecular formula is C17H20ClFN3O2S+. The molecule has 134 valence electrons. The van der Waals surface area contributed by atoms with Crippen molar-refractivity contribution in [2.24, 2.45) is 0 Å². The molecule has 0 saturated carbocycles. The summed E-state index contributed by atoms with van der Waals surface area (Å²) in [5.74, 6) is -1.06. The lowest BCUT2D eigenvalue weighted by Gasteiger charge is -2.17. The second-order valence-electron chi connectivity index (χ2n) is 5.49. The zero-order valence-electron chi connectivity index (χ0n) is 13.8. The smallest absolute Gasteiger partial charge is 0.279 e. The Morgan fingerprint density at radius 2 is 2.00 bits per heavy atom. The van der Waals surface area contributed by atoms with Crippen molar-refractivity contribution in [2.45, 2.75) is 13.5 Å². The monoisotopic (exact) mass is 384 g/mol. The predicted molar refractivity (Wildman–Crippen MR) is 97.4 cm³/mol. The van der Waals surface area contributed by atoms with Gasteiger partial charge in [-0.2, -0.15) is 0 Å². The van der Waals surface area contributed by atoms with Crippen molar-refractivity contribution in [1.29, 1.82) is 0 Å². The van der Waals surface area contributed by atoms with Crippen LogP contribution in [0.25, 0.3) is 0 Å². The Balaban J connectivity index is 1.82. The molecule has 2 rings (SSSR count). The third-order valence-corrected chi connectivity index (χ3v) is 4.67. The molecule has 0 aliphatic rings. The molecule has 5 nitrogen and oxygen atoms in total. The van der Waals surface area contributed by atoms with Crippen molar-refractivity contribution in [3.8, 4) is 0 Å². The van der Waals surface area contributed by atoms with Crippen LogP contribution < -0.4 is 15.5 Å². The van der Waals surface area contributed by atoms with E-state index in [-0.39, 0.29) is 30.6 Å². The van der Waals surface area contributed by atoms with Gasteiger partial charge in [0.2, 0.25) is 0 Å². The van der Waals surface area contributed by atoms with Crippen molar-refractivity contribution in [3.05, 3.63) is 51.4 Å². The lowest BCUT2D eigenvalue weighted by atomic mass is 10.3. The van der Waals surface area contributed by atoms with Crippen LogP contribution in [-0.2, 0) is 16.1 Å². The molecule has 0 aliphatic carbocycles. The first-order valence-corrected chi connectivity index (χ1v) is 9.11. The topological polar surface area (TPSA) is 62.6 Å². The molecule has 1 aromatic heterocycles. The Morgan fingerprint density at radius 1 is 1.24 bits per heavy atom. The molecule has 25 heavy (non-hydrogen) atoms. The minimum absolute atomic E-state index is 0.0371. The highest BCUT2D eigenvalue weighted by molar-refractivity contribution is 7.09. The number of hydrogen-bond donors (Lipinski definition) is 3. The van der Waals surface area contributed by atoms with E-state index in [1.165, 1.54) is 18.2 Å². The van der Waals surface area contributed by atoms with Crippen molar-refractivity contribution in [1.82, 2.24) is 5.32 Å². The molecule has 0 spiro atoms. The van der Waals surface area contributed by atoms with Crippen LogP contribution in [0.1, 0.15) is 11.8 Å². The molecule has 1 unspecified atom stereocenters. The Bertz CT molecular complexity index is 725. The van der Waals surface area contributed by atoms with Crippen LogP contribution >= 0.6 is 22.9 Å². The minimum Gasteiger partial charge on any atom is -0.346 e. The van der Waals surface area contributed by atoms with Crippen molar-refractivity contribution < 1.29 is 18.9 Å². The summed E-state index contributed by atoms with van der Waals surface area (Å²) in [4.78, 5) is 26.0. The second kappa shape index (κ2) is 9.50. The molecule has 1 atom stereocenters. The van der Waals surface area contributed by atoms with E-state index < -0.39 is 5.82 Å². The molecule has 0 radical (unpaired) electrons. The summed E-state index contributed by atoms with van der Waals surface area (Å²) in [6, 6.07) is 7.83. The standard InChI is InChI=1S/C17H19ClFN3O2S/c1-2-22(10-16(23)20-9-13-4-3-7-25-13)11-17(24)21-15-8-12(18)5-6-14(15)19/h3-8H,2,9-11H2,1H3,(H,20,23)(H,21,24)/p+1. The Morgan fingerprint density at radius 3 is 2.68 bits per heavy atom. The Hall–Kier alpha value is -1.96. The number of nitrogens with one attached hydrogen (secondary N) is 3. The maximum absolute atomic E-state index is 13.7. The molecule has 1 heterocycles. The number of anilines is 1. The van der Waals surface area contributed by atoms with Crippen LogP contribution in [0.3, 0.4) is 0 Å². The van der Waals surface area contributed by atoms with E-state index in [9.17, 15) is 14.0 Å². The van der Waals surface area contributed by atoms with Gasteiger partial charge >= 0.3 is 0 Å². The highest BCUT2D eigenvalue weighted by Crippen LogP contribution is 2.19. The summed E-state index contributed by atoms with van der Waals surface area (Å²) in [6.07, 6.45) is 0. The van der Waals surface area contributed by atoms with E-state index in [0.29, 0.717) is 18.1 Å². The number of benzene rings is 1. The quantitative estimate of drug-likeness (QED) is 0.648. The fourth-order valence-electron chi connectivity index (χ4n) is 2.22. The molecular weight excluding hydrogens is 365 g/mol. The molecule has 2 aromatic rings. The largest absolute Gasteiger partial charge is 0.346 e. The number of likely N-dealkylation sites (N-methyl/N-ethyl adjacent to an activating group) is 1. The summed E-state index contributed by atoms with van der Waals surface area (Å²) < 4.78 is 13.7. The third kappa shape index (κ3) is 6.45. The summed E-state index contributed by atoms with van der Waals surface area (Å²) in [7, 11) is 0. The van der Waals surface area contributed by atoms with Gasteiger partial charge in [-0.25, -0.2) is 4.39 Å². The predicted octanol–water partition coefficient (Wildman–Crippen LogP) is 1.70. The van der Waals surface area contributed by atoms with Gasteiger partial charge in [0.15, 0.2) is 13.1 Å². The summed E-state index contributed by atoms with van der Waals surface area (Å²) in [6.45, 7) is 3.20. The fourth-order valence-corrected chi connectivity index (χ4v) is 3.03. The number of amides is 2. The van der Waals surface area contributed by atoms with Gasteiger partial charge in [-0.3, -0.25) is 9.59 Å². The number of thiophene rings is 1. The van der Waals surface area contributed by atoms with E-state index in [1.807, 2.05) is 24.4 Å². The van der Waals surface area contributed by atoms with Gasteiger partial charge in [-0.15, -0.1) is 11.3 Å². The molecule has 2 amide bonds. The summed E-state index contributed by atoms with van der Waals surface area (Å²) in [5, 5.41) is 7.61. The van der Waals surface area contributed by atoms with Crippen LogP contribution in [0.15, 0.2) is 35.7 Å². The van der Waals surface area contributed by atoms with Gasteiger partial charge in [0.05, 0.1) is 18.8 Å². The van der Waals surface area contributed by atoms with Crippen molar-refractivity contribution >= 4 is 40.4 Å². The molecule has 1 aromatic carbocycles. The first kappa shape index (κ1) is 19.4. The van der Waals surface area contributed by atoms with Crippen molar-refractivity contribution in [2.75, 3.05) is 25.0 Å². The number of carbonyl (C=O) groups is 2. The van der Waals surface area contributed by atoms with Gasteiger partial charge < -0.3 is 15.5 Å². The SMILES string of the molecule is CC[NH+](CC(=O)NCc1cccs1)CC(=O)Nc1cc(Cl)ccc1F. The van der Waals surface area contributed by atoms with Crippen LogP contribution in [0, 0.1) is 5.82 Å². The van der Waals surface area contributed by atoms with Gasteiger partial charge in [-0.05, 0) is 36.6 Å². The zero-order valence-corrected chi connectivity index (χ0v) is 15.3. The van der Waals surface area contributed by atoms with Crippen LogP contribution in [0.4, 0.5) is 10.1 Å². The third-order valence-electron chi connectivity index (χ3n) is 3.56. The molecule has 0 saturated heterocycles. The fraction of sp³-hybridized carbons (Fsp3) is 0.294. The van der Waals surface area contributed by atoms with E-state index >= 15 is 0 Å². The van der Waals surface area contributed by atoms with Gasteiger partial charge in [0, 0.05) is 9.90 Å². The second-order valence-corrected chi connectivity index (χ2v) is 6.95. The highest BCUT2D eigenvalue weighted by atomic mass is 35.5.